The molecule has 0 bridgehead atoms. The molecule has 0 saturated carbocycles. The third-order valence-electron chi connectivity index (χ3n) is 6.13. The minimum absolute atomic E-state index is 0.277. The van der Waals surface area contributed by atoms with Gasteiger partial charge >= 0.3 is 0 Å². The number of aromatic nitrogens is 5. The highest BCUT2D eigenvalue weighted by Gasteiger charge is 2.15. The largest absolute Gasteiger partial charge is 0.261 e. The number of rotatable bonds is 7. The van der Waals surface area contributed by atoms with Crippen molar-refractivity contribution in [1.82, 2.24) is 24.9 Å². The molecule has 0 saturated heterocycles. The van der Waals surface area contributed by atoms with Crippen LogP contribution in [-0.4, -0.2) is 37.4 Å². The van der Waals surface area contributed by atoms with E-state index < -0.39 is 0 Å². The van der Waals surface area contributed by atoms with E-state index in [1.54, 1.807) is 47.9 Å². The van der Waals surface area contributed by atoms with E-state index in [2.05, 4.69) is 68.0 Å². The van der Waals surface area contributed by atoms with Crippen molar-refractivity contribution in [3.8, 4) is 21.8 Å². The number of aliphatic imine (C=N–C) groups is 1. The van der Waals surface area contributed by atoms with E-state index in [0.717, 1.165) is 44.7 Å². The molecule has 3 heterocycles. The molecule has 0 radical (unpaired) electrons. The summed E-state index contributed by atoms with van der Waals surface area (Å²) in [6.45, 7) is 16.0. The topological polar surface area (TPSA) is 76.8 Å². The van der Waals surface area contributed by atoms with Crippen molar-refractivity contribution in [3.05, 3.63) is 107 Å². The standard InChI is InChI=1S/C18H21N3S.C14H10FN3S.2C2H6/c1-5-14-8-7-9-15(12-14)17(19-6-2)13(3)16-10-11-20-18(21-16)22-4;1-9-16-7-6-12(18-9)14-13(17-8-19-14)10-4-2-3-5-11(10)15;2*1-2/h6-12H,5H2,1-4H3;2-8H,1H3;2*1-2H3/b17-13+,19-6?;;;. The molecule has 3 aromatic heterocycles. The average molecular weight is 643 g/mol. The van der Waals surface area contributed by atoms with Crippen LogP contribution in [0.4, 0.5) is 4.39 Å². The van der Waals surface area contributed by atoms with Crippen LogP contribution in [0.25, 0.3) is 33.1 Å². The van der Waals surface area contributed by atoms with E-state index in [-0.39, 0.29) is 5.82 Å². The highest BCUT2D eigenvalue weighted by Crippen LogP contribution is 2.34. The van der Waals surface area contributed by atoms with Gasteiger partial charge in [-0.25, -0.2) is 29.3 Å². The maximum atomic E-state index is 13.9. The number of nitrogens with zero attached hydrogens (tertiary/aromatic N) is 6. The lowest BCUT2D eigenvalue weighted by Gasteiger charge is -2.10. The van der Waals surface area contributed by atoms with Crippen molar-refractivity contribution in [2.24, 2.45) is 4.99 Å². The fraction of sp³-hybridized carbons (Fsp3) is 0.278. The molecule has 6 nitrogen and oxygen atoms in total. The Labute approximate surface area is 276 Å². The first-order valence-electron chi connectivity index (χ1n) is 15.1. The van der Waals surface area contributed by atoms with Gasteiger partial charge in [-0.3, -0.25) is 4.99 Å². The zero-order valence-electron chi connectivity index (χ0n) is 27.7. The normalized spacial score (nSPS) is 10.9. The summed E-state index contributed by atoms with van der Waals surface area (Å²) >= 11 is 2.99. The summed E-state index contributed by atoms with van der Waals surface area (Å²) in [5.41, 5.74) is 8.97. The molecular weight excluding hydrogens is 600 g/mol. The number of hydrogen-bond acceptors (Lipinski definition) is 8. The van der Waals surface area contributed by atoms with E-state index in [4.69, 9.17) is 0 Å². The number of aryl methyl sites for hydroxylation is 2. The molecule has 5 rings (SSSR count). The Balaban J connectivity index is 0.000000284. The van der Waals surface area contributed by atoms with Gasteiger partial charge in [0.2, 0.25) is 0 Å². The third-order valence-corrected chi connectivity index (χ3v) is 7.54. The molecule has 45 heavy (non-hydrogen) atoms. The molecule has 0 fully saturated rings. The zero-order valence-corrected chi connectivity index (χ0v) is 29.3. The third kappa shape index (κ3) is 10.5. The van der Waals surface area contributed by atoms with Gasteiger partial charge in [0.1, 0.15) is 11.6 Å². The first-order valence-corrected chi connectivity index (χ1v) is 17.2. The van der Waals surface area contributed by atoms with E-state index in [0.29, 0.717) is 17.1 Å². The highest BCUT2D eigenvalue weighted by atomic mass is 32.2. The molecule has 0 amide bonds. The summed E-state index contributed by atoms with van der Waals surface area (Å²) in [7, 11) is 0. The van der Waals surface area contributed by atoms with Crippen molar-refractivity contribution in [3.63, 3.8) is 0 Å². The SMILES string of the molecule is CC.CC.CC=N/C(=C(\C)c1ccnc(SC)n1)c1cccc(CC)c1.Cc1nccc(-c2scnc2-c2ccccc2F)n1. The van der Waals surface area contributed by atoms with Crippen molar-refractivity contribution < 1.29 is 4.39 Å². The number of benzene rings is 2. The molecular formula is C36H43FN6S2. The Morgan fingerprint density at radius 2 is 1.67 bits per heavy atom. The second-order valence-electron chi connectivity index (χ2n) is 8.84. The van der Waals surface area contributed by atoms with Crippen molar-refractivity contribution >= 4 is 40.6 Å². The van der Waals surface area contributed by atoms with Crippen LogP contribution >= 0.6 is 23.1 Å². The van der Waals surface area contributed by atoms with Gasteiger partial charge in [0, 0.05) is 35.3 Å². The Morgan fingerprint density at radius 3 is 2.33 bits per heavy atom. The van der Waals surface area contributed by atoms with Crippen LogP contribution in [0.1, 0.15) is 71.1 Å². The van der Waals surface area contributed by atoms with Crippen LogP contribution in [0.5, 0.6) is 0 Å². The van der Waals surface area contributed by atoms with Crippen LogP contribution in [0.15, 0.2) is 88.7 Å². The Bertz CT molecular complexity index is 1680. The van der Waals surface area contributed by atoms with Crippen molar-refractivity contribution in [1.29, 1.82) is 0 Å². The van der Waals surface area contributed by atoms with Crippen LogP contribution in [-0.2, 0) is 6.42 Å². The minimum Gasteiger partial charge on any atom is -0.261 e. The summed E-state index contributed by atoms with van der Waals surface area (Å²) in [5, 5.41) is 0.777. The van der Waals surface area contributed by atoms with Crippen molar-refractivity contribution in [2.45, 2.75) is 67.0 Å². The lowest BCUT2D eigenvalue weighted by molar-refractivity contribution is 0.631. The molecule has 0 unspecified atom stereocenters. The van der Waals surface area contributed by atoms with Gasteiger partial charge in [-0.1, -0.05) is 76.7 Å². The van der Waals surface area contributed by atoms with Gasteiger partial charge in [-0.2, -0.15) is 0 Å². The van der Waals surface area contributed by atoms with E-state index in [9.17, 15) is 4.39 Å². The quantitative estimate of drug-likeness (QED) is 0.0999. The number of hydrogen-bond donors (Lipinski definition) is 0. The lowest BCUT2D eigenvalue weighted by Crippen LogP contribution is -1.95. The molecule has 236 valence electrons. The summed E-state index contributed by atoms with van der Waals surface area (Å²) in [5.74, 6) is 0.408. The van der Waals surface area contributed by atoms with Crippen LogP contribution in [0.2, 0.25) is 0 Å². The maximum absolute atomic E-state index is 13.9. The lowest BCUT2D eigenvalue weighted by atomic mass is 10.0. The second-order valence-corrected chi connectivity index (χ2v) is 10.5. The Hall–Kier alpha value is -4.08. The minimum atomic E-state index is -0.277. The smallest absolute Gasteiger partial charge is 0.187 e. The fourth-order valence-electron chi connectivity index (χ4n) is 4.08. The summed E-state index contributed by atoms with van der Waals surface area (Å²) in [4.78, 5) is 27.0. The van der Waals surface area contributed by atoms with Gasteiger partial charge in [0.05, 0.1) is 33.2 Å². The Morgan fingerprint density at radius 1 is 0.933 bits per heavy atom. The highest BCUT2D eigenvalue weighted by molar-refractivity contribution is 7.98. The molecule has 0 aliphatic rings. The Kier molecular flexibility index (Phi) is 16.5. The predicted octanol–water partition coefficient (Wildman–Crippen LogP) is 10.5. The van der Waals surface area contributed by atoms with Gasteiger partial charge in [0.25, 0.3) is 0 Å². The molecule has 0 spiro atoms. The molecule has 9 heteroatoms. The van der Waals surface area contributed by atoms with E-state index in [1.165, 1.54) is 23.0 Å². The first-order chi connectivity index (χ1) is 21.9. The van der Waals surface area contributed by atoms with Crippen molar-refractivity contribution in [2.75, 3.05) is 6.26 Å². The van der Waals surface area contributed by atoms with Gasteiger partial charge in [0.15, 0.2) is 5.16 Å². The van der Waals surface area contributed by atoms with Gasteiger partial charge in [-0.15, -0.1) is 11.3 Å². The van der Waals surface area contributed by atoms with Crippen LogP contribution in [0, 0.1) is 12.7 Å². The first kappa shape index (κ1) is 37.1. The fourth-order valence-corrected chi connectivity index (χ4v) is 5.21. The monoisotopic (exact) mass is 642 g/mol. The number of thiazole rings is 1. The molecule has 0 aliphatic heterocycles. The summed E-state index contributed by atoms with van der Waals surface area (Å²) in [6.07, 6.45) is 8.32. The molecule has 5 aromatic rings. The second kappa shape index (κ2) is 20.0. The maximum Gasteiger partial charge on any atom is 0.187 e. The van der Waals surface area contributed by atoms with Crippen LogP contribution < -0.4 is 0 Å². The van der Waals surface area contributed by atoms with E-state index in [1.807, 2.05) is 66.1 Å². The number of thioether (sulfide) groups is 1. The zero-order chi connectivity index (χ0) is 33.2. The van der Waals surface area contributed by atoms with Crippen LogP contribution in [0.3, 0.4) is 0 Å². The molecule has 0 atom stereocenters. The number of allylic oxidation sites excluding steroid dienone is 1. The summed E-state index contributed by atoms with van der Waals surface area (Å²) < 4.78 is 13.9. The number of halogens is 1. The molecule has 0 aliphatic carbocycles. The van der Waals surface area contributed by atoms with Gasteiger partial charge < -0.3 is 0 Å². The molecule has 2 aromatic carbocycles. The summed E-state index contributed by atoms with van der Waals surface area (Å²) in [6, 6.07) is 18.9. The van der Waals surface area contributed by atoms with E-state index >= 15 is 0 Å². The average Bonchev–Trinajstić information content (AvgIpc) is 3.59. The molecule has 0 N–H and O–H groups in total. The van der Waals surface area contributed by atoms with Gasteiger partial charge in [-0.05, 0) is 69.3 Å². The predicted molar refractivity (Wildman–Crippen MR) is 192 cm³/mol.